The van der Waals surface area contributed by atoms with Gasteiger partial charge in [-0.15, -0.1) is 0 Å². The van der Waals surface area contributed by atoms with Crippen molar-refractivity contribution in [2.45, 2.75) is 27.2 Å². The van der Waals surface area contributed by atoms with Gasteiger partial charge in [0.25, 0.3) is 0 Å². The molecule has 0 unspecified atom stereocenters. The number of imidazole rings is 1. The van der Waals surface area contributed by atoms with Gasteiger partial charge in [-0.1, -0.05) is 6.08 Å². The number of hydrogen-bond acceptors (Lipinski definition) is 5. The molecule has 0 aliphatic rings. The van der Waals surface area contributed by atoms with Crippen LogP contribution in [-0.4, -0.2) is 53.1 Å². The molecule has 1 aromatic heterocycles. The number of likely N-dealkylation sites (N-methyl/N-ethyl adjacent to an activating group) is 1. The van der Waals surface area contributed by atoms with E-state index in [1.807, 2.05) is 37.9 Å². The molecule has 0 saturated heterocycles. The van der Waals surface area contributed by atoms with Crippen LogP contribution in [0, 0.1) is 11.7 Å². The van der Waals surface area contributed by atoms with Crippen LogP contribution in [-0.2, 0) is 9.53 Å². The van der Waals surface area contributed by atoms with Crippen molar-refractivity contribution in [2.75, 3.05) is 26.7 Å². The molecule has 1 heterocycles. The van der Waals surface area contributed by atoms with E-state index in [1.54, 1.807) is 0 Å². The van der Waals surface area contributed by atoms with Crippen molar-refractivity contribution >= 4 is 30.2 Å². The minimum atomic E-state index is -0.288. The van der Waals surface area contributed by atoms with Gasteiger partial charge in [-0.2, -0.15) is 0 Å². The fourth-order valence-corrected chi connectivity index (χ4v) is 2.45. The highest BCUT2D eigenvalue weighted by atomic mass is 32.1. The van der Waals surface area contributed by atoms with E-state index in [4.69, 9.17) is 17.0 Å². The minimum Gasteiger partial charge on any atom is -0.466 e. The number of aromatic nitrogens is 2. The SMILES string of the molecule is C/C=C\c1c(C)[nH]c(=S)n1C(=O)CN(C)CCCOC(C)=O. The molecule has 6 nitrogen and oxygen atoms in total. The number of nitrogens with one attached hydrogen (secondary N) is 1. The minimum absolute atomic E-state index is 0.0857. The molecule has 0 saturated carbocycles. The third-order valence-corrected chi connectivity index (χ3v) is 3.38. The summed E-state index contributed by atoms with van der Waals surface area (Å²) in [5.41, 5.74) is 1.65. The third kappa shape index (κ3) is 5.23. The number of H-pyrrole nitrogens is 1. The number of aryl methyl sites for hydroxylation is 1. The van der Waals surface area contributed by atoms with Gasteiger partial charge in [0.1, 0.15) is 0 Å². The van der Waals surface area contributed by atoms with E-state index in [0.717, 1.165) is 11.4 Å². The Hall–Kier alpha value is -1.73. The van der Waals surface area contributed by atoms with Gasteiger partial charge in [0.15, 0.2) is 4.77 Å². The first-order chi connectivity index (χ1) is 10.4. The zero-order valence-corrected chi connectivity index (χ0v) is 14.3. The van der Waals surface area contributed by atoms with Gasteiger partial charge in [-0.05, 0) is 45.6 Å². The molecule has 0 aliphatic heterocycles. The van der Waals surface area contributed by atoms with Crippen LogP contribution in [0.3, 0.4) is 0 Å². The van der Waals surface area contributed by atoms with Crippen molar-refractivity contribution in [2.24, 2.45) is 0 Å². The number of hydrogen-bond donors (Lipinski definition) is 1. The Morgan fingerprint density at radius 2 is 2.14 bits per heavy atom. The van der Waals surface area contributed by atoms with E-state index >= 15 is 0 Å². The fourth-order valence-electron chi connectivity index (χ4n) is 2.09. The predicted octanol–water partition coefficient (Wildman–Crippen LogP) is 2.41. The average molecular weight is 325 g/mol. The summed E-state index contributed by atoms with van der Waals surface area (Å²) >= 11 is 5.22. The lowest BCUT2D eigenvalue weighted by Crippen LogP contribution is -2.31. The highest BCUT2D eigenvalue weighted by Gasteiger charge is 2.15. The fraction of sp³-hybridized carbons (Fsp3) is 0.533. The number of esters is 1. The molecular weight excluding hydrogens is 302 g/mol. The summed E-state index contributed by atoms with van der Waals surface area (Å²) in [6.45, 7) is 6.43. The first-order valence-corrected chi connectivity index (χ1v) is 7.57. The van der Waals surface area contributed by atoms with Crippen LogP contribution in [0.5, 0.6) is 0 Å². The van der Waals surface area contributed by atoms with Crippen LogP contribution in [0.25, 0.3) is 6.08 Å². The van der Waals surface area contributed by atoms with Crippen LogP contribution in [0.15, 0.2) is 6.08 Å². The summed E-state index contributed by atoms with van der Waals surface area (Å²) in [6.07, 6.45) is 4.42. The number of carbonyl (C=O) groups is 2. The summed E-state index contributed by atoms with van der Waals surface area (Å²) in [5.74, 6) is -0.374. The first kappa shape index (κ1) is 18.3. The van der Waals surface area contributed by atoms with Gasteiger partial charge in [0.05, 0.1) is 18.8 Å². The third-order valence-electron chi connectivity index (χ3n) is 3.09. The number of carbonyl (C=O) groups excluding carboxylic acids is 2. The summed E-state index contributed by atoms with van der Waals surface area (Å²) in [7, 11) is 1.85. The van der Waals surface area contributed by atoms with Gasteiger partial charge in [-0.3, -0.25) is 19.1 Å². The van der Waals surface area contributed by atoms with Gasteiger partial charge in [0, 0.05) is 19.2 Å². The highest BCUT2D eigenvalue weighted by molar-refractivity contribution is 7.71. The topological polar surface area (TPSA) is 67.3 Å². The van der Waals surface area contributed by atoms with E-state index in [9.17, 15) is 9.59 Å². The molecule has 0 amide bonds. The van der Waals surface area contributed by atoms with E-state index in [2.05, 4.69) is 4.98 Å². The molecule has 0 spiro atoms. The van der Waals surface area contributed by atoms with Crippen LogP contribution < -0.4 is 0 Å². The zero-order valence-electron chi connectivity index (χ0n) is 13.5. The van der Waals surface area contributed by atoms with Crippen molar-refractivity contribution in [1.29, 1.82) is 0 Å². The zero-order chi connectivity index (χ0) is 16.7. The van der Waals surface area contributed by atoms with E-state index in [-0.39, 0.29) is 18.4 Å². The molecule has 122 valence electrons. The largest absolute Gasteiger partial charge is 0.466 e. The monoisotopic (exact) mass is 325 g/mol. The van der Waals surface area contributed by atoms with Crippen molar-refractivity contribution in [3.63, 3.8) is 0 Å². The van der Waals surface area contributed by atoms with Gasteiger partial charge in [-0.25, -0.2) is 0 Å². The van der Waals surface area contributed by atoms with Crippen LogP contribution in [0.2, 0.25) is 0 Å². The molecule has 1 N–H and O–H groups in total. The second kappa shape index (κ2) is 8.65. The van der Waals surface area contributed by atoms with Crippen LogP contribution in [0.4, 0.5) is 0 Å². The molecule has 0 bridgehead atoms. The van der Waals surface area contributed by atoms with Crippen LogP contribution >= 0.6 is 12.2 Å². The molecule has 0 fully saturated rings. The molecule has 0 aromatic carbocycles. The quantitative estimate of drug-likeness (QED) is 0.474. The lowest BCUT2D eigenvalue weighted by Gasteiger charge is -2.16. The molecule has 0 atom stereocenters. The molecule has 7 heteroatoms. The van der Waals surface area contributed by atoms with Crippen molar-refractivity contribution in [1.82, 2.24) is 14.5 Å². The van der Waals surface area contributed by atoms with E-state index in [0.29, 0.717) is 24.3 Å². The van der Waals surface area contributed by atoms with Crippen LogP contribution in [0.1, 0.15) is 36.5 Å². The summed E-state index contributed by atoms with van der Waals surface area (Å²) in [4.78, 5) is 28.0. The standard InChI is InChI=1S/C15H23N3O3S/c1-5-7-13-11(2)16-15(22)18(13)14(20)10-17(4)8-6-9-21-12(3)19/h5,7H,6,8-10H2,1-4H3,(H,16,22)/b7-5-. The van der Waals surface area contributed by atoms with Crippen molar-refractivity contribution in [3.8, 4) is 0 Å². The maximum Gasteiger partial charge on any atom is 0.302 e. The molecule has 0 aliphatic carbocycles. The Bertz CT molecular complexity index is 616. The normalized spacial score (nSPS) is 11.3. The Morgan fingerprint density at radius 1 is 1.45 bits per heavy atom. The lowest BCUT2D eigenvalue weighted by molar-refractivity contribution is -0.141. The molecule has 1 aromatic rings. The van der Waals surface area contributed by atoms with Gasteiger partial charge >= 0.3 is 5.97 Å². The van der Waals surface area contributed by atoms with Gasteiger partial charge < -0.3 is 9.72 Å². The Labute approximate surface area is 135 Å². The number of allylic oxidation sites excluding steroid dienone is 1. The smallest absolute Gasteiger partial charge is 0.302 e. The molecule has 1 rings (SSSR count). The Balaban J connectivity index is 2.65. The first-order valence-electron chi connectivity index (χ1n) is 7.16. The lowest BCUT2D eigenvalue weighted by atomic mass is 10.3. The number of ether oxygens (including phenoxy) is 1. The Morgan fingerprint density at radius 3 is 2.73 bits per heavy atom. The highest BCUT2D eigenvalue weighted by Crippen LogP contribution is 2.11. The summed E-state index contributed by atoms with van der Waals surface area (Å²) in [6, 6.07) is 0. The Kier molecular flexibility index (Phi) is 7.20. The van der Waals surface area contributed by atoms with Crippen molar-refractivity contribution in [3.05, 3.63) is 22.2 Å². The summed E-state index contributed by atoms with van der Waals surface area (Å²) < 4.78 is 6.80. The molecular formula is C15H23N3O3S. The molecule has 0 radical (unpaired) electrons. The van der Waals surface area contributed by atoms with E-state index in [1.165, 1.54) is 11.5 Å². The average Bonchev–Trinajstić information content (AvgIpc) is 2.69. The second-order valence-corrected chi connectivity index (χ2v) is 5.49. The number of nitrogens with zero attached hydrogens (tertiary/aromatic N) is 2. The maximum absolute atomic E-state index is 12.4. The number of rotatable bonds is 7. The predicted molar refractivity (Wildman–Crippen MR) is 88.4 cm³/mol. The second-order valence-electron chi connectivity index (χ2n) is 5.10. The maximum atomic E-state index is 12.4. The number of aromatic amines is 1. The van der Waals surface area contributed by atoms with E-state index < -0.39 is 0 Å². The molecule has 22 heavy (non-hydrogen) atoms. The summed E-state index contributed by atoms with van der Waals surface area (Å²) in [5, 5.41) is 0. The van der Waals surface area contributed by atoms with Crippen molar-refractivity contribution < 1.29 is 14.3 Å². The van der Waals surface area contributed by atoms with Gasteiger partial charge in [0.2, 0.25) is 5.91 Å².